The molecule has 2 N–H and O–H groups in total. The van der Waals surface area contributed by atoms with Crippen molar-refractivity contribution in [3.05, 3.63) is 0 Å². The van der Waals surface area contributed by atoms with E-state index in [0.717, 1.165) is 0 Å². The van der Waals surface area contributed by atoms with Crippen molar-refractivity contribution < 1.29 is 23.4 Å². The van der Waals surface area contributed by atoms with Gasteiger partial charge in [0.05, 0.1) is 6.54 Å². The van der Waals surface area contributed by atoms with Gasteiger partial charge in [0.1, 0.15) is 6.61 Å². The molecule has 0 aliphatic carbocycles. The smallest absolute Gasteiger partial charge is 0.282 e. The fourth-order valence-corrected chi connectivity index (χ4v) is 1.13. The number of alkyl halides is 2. The molecule has 0 aliphatic rings. The second kappa shape index (κ2) is 8.81. The van der Waals surface area contributed by atoms with Crippen LogP contribution in [0.5, 0.6) is 0 Å². The first-order chi connectivity index (χ1) is 7.55. The Hall–Kier alpha value is -0.300. The molecule has 16 heavy (non-hydrogen) atoms. The van der Waals surface area contributed by atoms with Crippen LogP contribution in [0, 0.1) is 0 Å². The van der Waals surface area contributed by atoms with Crippen LogP contribution in [0.2, 0.25) is 0 Å². The van der Waals surface area contributed by atoms with Crippen LogP contribution in [0.1, 0.15) is 20.3 Å². The van der Waals surface area contributed by atoms with E-state index in [1.165, 1.54) is 0 Å². The Labute approximate surface area is 94.9 Å². The maximum atomic E-state index is 12.6. The minimum Gasteiger partial charge on any atom is -0.390 e. The topological polar surface area (TPSA) is 50.7 Å². The summed E-state index contributed by atoms with van der Waals surface area (Å²) in [6.45, 7) is 3.43. The lowest BCUT2D eigenvalue weighted by molar-refractivity contribution is -0.139. The third-order valence-corrected chi connectivity index (χ3v) is 1.88. The van der Waals surface area contributed by atoms with Crippen LogP contribution in [0.25, 0.3) is 0 Å². The van der Waals surface area contributed by atoms with Gasteiger partial charge in [-0.2, -0.15) is 0 Å². The van der Waals surface area contributed by atoms with Crippen LogP contribution >= 0.6 is 0 Å². The zero-order valence-corrected chi connectivity index (χ0v) is 9.84. The molecule has 98 valence electrons. The Kier molecular flexibility index (Phi) is 8.64. The van der Waals surface area contributed by atoms with E-state index in [2.05, 4.69) is 5.32 Å². The molecule has 0 saturated heterocycles. The van der Waals surface area contributed by atoms with Gasteiger partial charge in [0.2, 0.25) is 0 Å². The molecule has 0 radical (unpaired) electrons. The molecule has 0 fully saturated rings. The van der Waals surface area contributed by atoms with Crippen molar-refractivity contribution in [3.8, 4) is 0 Å². The molecule has 0 bridgehead atoms. The molecule has 0 aromatic rings. The van der Waals surface area contributed by atoms with Crippen molar-refractivity contribution in [2.75, 3.05) is 32.9 Å². The SMILES string of the molecule is CCOC(CCNCC(F)(F)CO)OCC. The van der Waals surface area contributed by atoms with E-state index < -0.39 is 19.1 Å². The van der Waals surface area contributed by atoms with Crippen molar-refractivity contribution in [2.45, 2.75) is 32.5 Å². The number of rotatable bonds is 10. The average molecular weight is 241 g/mol. The highest BCUT2D eigenvalue weighted by atomic mass is 19.3. The first kappa shape index (κ1) is 15.7. The summed E-state index contributed by atoms with van der Waals surface area (Å²) in [5, 5.41) is 10.9. The molecule has 0 aromatic carbocycles. The number of hydrogen-bond donors (Lipinski definition) is 2. The van der Waals surface area contributed by atoms with E-state index in [0.29, 0.717) is 26.2 Å². The van der Waals surface area contributed by atoms with Crippen LogP contribution in [-0.2, 0) is 9.47 Å². The quantitative estimate of drug-likeness (QED) is 0.442. The lowest BCUT2D eigenvalue weighted by Crippen LogP contribution is -2.37. The first-order valence-electron chi connectivity index (χ1n) is 5.48. The van der Waals surface area contributed by atoms with E-state index in [1.807, 2.05) is 13.8 Å². The standard InChI is InChI=1S/C10H21F2NO3/c1-3-15-9(16-4-2)5-6-13-7-10(11,12)8-14/h9,13-14H,3-8H2,1-2H3. The van der Waals surface area contributed by atoms with Gasteiger partial charge in [0.25, 0.3) is 5.92 Å². The molecule has 0 saturated carbocycles. The Balaban J connectivity index is 3.61. The molecule has 0 heterocycles. The molecular formula is C10H21F2NO3. The molecule has 0 aliphatic heterocycles. The Morgan fingerprint density at radius 3 is 2.25 bits per heavy atom. The fraction of sp³-hybridized carbons (Fsp3) is 1.00. The number of hydrogen-bond acceptors (Lipinski definition) is 4. The normalized spacial score (nSPS) is 12.4. The summed E-state index contributed by atoms with van der Waals surface area (Å²) in [5.74, 6) is -3.06. The molecular weight excluding hydrogens is 220 g/mol. The highest BCUT2D eigenvalue weighted by molar-refractivity contribution is 4.67. The zero-order chi connectivity index (χ0) is 12.4. The molecule has 6 heteroatoms. The summed E-state index contributed by atoms with van der Waals surface area (Å²) in [6, 6.07) is 0. The van der Waals surface area contributed by atoms with Gasteiger partial charge >= 0.3 is 0 Å². The highest BCUT2D eigenvalue weighted by Crippen LogP contribution is 2.09. The lowest BCUT2D eigenvalue weighted by Gasteiger charge is -2.18. The molecule has 0 spiro atoms. The Bertz CT molecular complexity index is 164. The molecule has 0 rings (SSSR count). The molecule has 0 amide bonds. The van der Waals surface area contributed by atoms with Crippen LogP contribution in [-0.4, -0.2) is 50.2 Å². The first-order valence-corrected chi connectivity index (χ1v) is 5.48. The number of aliphatic hydroxyl groups excluding tert-OH is 1. The zero-order valence-electron chi connectivity index (χ0n) is 9.84. The van der Waals surface area contributed by atoms with Crippen LogP contribution in [0.15, 0.2) is 0 Å². The van der Waals surface area contributed by atoms with E-state index in [1.54, 1.807) is 0 Å². The Morgan fingerprint density at radius 1 is 1.25 bits per heavy atom. The minimum atomic E-state index is -3.06. The molecule has 0 aromatic heterocycles. The predicted molar refractivity (Wildman–Crippen MR) is 56.6 cm³/mol. The summed E-state index contributed by atoms with van der Waals surface area (Å²) in [6.07, 6.45) is 0.147. The van der Waals surface area contributed by atoms with E-state index in [4.69, 9.17) is 14.6 Å². The Morgan fingerprint density at radius 2 is 1.81 bits per heavy atom. The van der Waals surface area contributed by atoms with E-state index in [-0.39, 0.29) is 6.29 Å². The molecule has 4 nitrogen and oxygen atoms in total. The van der Waals surface area contributed by atoms with Crippen LogP contribution in [0.4, 0.5) is 8.78 Å². The monoisotopic (exact) mass is 241 g/mol. The van der Waals surface area contributed by atoms with Gasteiger partial charge in [-0.25, -0.2) is 8.78 Å². The third-order valence-electron chi connectivity index (χ3n) is 1.88. The number of ether oxygens (including phenoxy) is 2. The van der Waals surface area contributed by atoms with Gasteiger partial charge in [-0.1, -0.05) is 0 Å². The third kappa shape index (κ3) is 7.92. The van der Waals surface area contributed by atoms with Crippen molar-refractivity contribution in [3.63, 3.8) is 0 Å². The number of halogens is 2. The second-order valence-electron chi connectivity index (χ2n) is 3.32. The summed E-state index contributed by atoms with van der Waals surface area (Å²) in [5.41, 5.74) is 0. The van der Waals surface area contributed by atoms with Gasteiger partial charge in [0, 0.05) is 26.2 Å². The van der Waals surface area contributed by atoms with Crippen LogP contribution in [0.3, 0.4) is 0 Å². The number of nitrogens with one attached hydrogen (secondary N) is 1. The maximum absolute atomic E-state index is 12.6. The summed E-state index contributed by atoms with van der Waals surface area (Å²) in [7, 11) is 0. The average Bonchev–Trinajstić information content (AvgIpc) is 2.25. The van der Waals surface area contributed by atoms with Crippen LogP contribution < -0.4 is 5.32 Å². The van der Waals surface area contributed by atoms with E-state index >= 15 is 0 Å². The van der Waals surface area contributed by atoms with Crippen molar-refractivity contribution in [1.82, 2.24) is 5.32 Å². The summed E-state index contributed by atoms with van der Waals surface area (Å²) in [4.78, 5) is 0. The largest absolute Gasteiger partial charge is 0.390 e. The van der Waals surface area contributed by atoms with Crippen molar-refractivity contribution >= 4 is 0 Å². The molecule has 0 unspecified atom stereocenters. The van der Waals surface area contributed by atoms with Gasteiger partial charge < -0.3 is 19.9 Å². The second-order valence-corrected chi connectivity index (χ2v) is 3.32. The van der Waals surface area contributed by atoms with E-state index in [9.17, 15) is 8.78 Å². The minimum absolute atomic E-state index is 0.356. The number of aliphatic hydroxyl groups is 1. The van der Waals surface area contributed by atoms with Gasteiger partial charge in [-0.3, -0.25) is 0 Å². The molecule has 0 atom stereocenters. The van der Waals surface area contributed by atoms with Crippen molar-refractivity contribution in [1.29, 1.82) is 0 Å². The van der Waals surface area contributed by atoms with Gasteiger partial charge in [-0.15, -0.1) is 0 Å². The van der Waals surface area contributed by atoms with Crippen molar-refractivity contribution in [2.24, 2.45) is 0 Å². The maximum Gasteiger partial charge on any atom is 0.282 e. The summed E-state index contributed by atoms with van der Waals surface area (Å²) < 4.78 is 35.7. The van der Waals surface area contributed by atoms with Gasteiger partial charge in [-0.05, 0) is 13.8 Å². The van der Waals surface area contributed by atoms with Gasteiger partial charge in [0.15, 0.2) is 6.29 Å². The summed E-state index contributed by atoms with van der Waals surface area (Å²) >= 11 is 0. The lowest BCUT2D eigenvalue weighted by atomic mass is 10.3. The predicted octanol–water partition coefficient (Wildman–Crippen LogP) is 0.993. The highest BCUT2D eigenvalue weighted by Gasteiger charge is 2.26. The fourth-order valence-electron chi connectivity index (χ4n) is 1.13.